The number of aliphatic hydroxyl groups is 3. The topological polar surface area (TPSA) is 135 Å². The molecule has 194 valence electrons. The number of fused-ring (bicyclic) bond motifs is 1. The van der Waals surface area contributed by atoms with Crippen LogP contribution in [-0.2, 0) is 16.1 Å². The average molecular weight is 518 g/mol. The van der Waals surface area contributed by atoms with Crippen molar-refractivity contribution in [1.29, 1.82) is 0 Å². The van der Waals surface area contributed by atoms with Crippen molar-refractivity contribution in [3.8, 4) is 0 Å². The standard InChI is InChI=1S/C25H32ClN5O5/c1-13(2)15-8-6-14(7-9-15)11-35-17-5-3-4-16(17)28-22-19-23(30-25(26)29-22)31(12-27-19)24-21(34)20(33)18(10-32)36-24/h6-9,12-13,16-18,20-21,24,32-34H,3-5,10-11H2,1-2H3,(H,28,29,30)/t16-,17-,18+,20+,21+,24+/m0/s1. The van der Waals surface area contributed by atoms with Crippen molar-refractivity contribution in [2.45, 2.75) is 82.3 Å². The van der Waals surface area contributed by atoms with Crippen LogP contribution < -0.4 is 5.32 Å². The second-order valence-electron chi connectivity index (χ2n) is 9.82. The van der Waals surface area contributed by atoms with E-state index in [0.717, 1.165) is 24.8 Å². The zero-order valence-corrected chi connectivity index (χ0v) is 21.0. The number of nitrogens with zero attached hydrogens (tertiary/aromatic N) is 4. The minimum absolute atomic E-state index is 0.00102. The number of aliphatic hydroxyl groups excluding tert-OH is 3. The van der Waals surface area contributed by atoms with E-state index < -0.39 is 31.1 Å². The fraction of sp³-hybridized carbons (Fsp3) is 0.560. The normalized spacial score (nSPS) is 28.4. The predicted molar refractivity (Wildman–Crippen MR) is 134 cm³/mol. The van der Waals surface area contributed by atoms with Crippen LogP contribution in [0.1, 0.15) is 56.4 Å². The van der Waals surface area contributed by atoms with Crippen LogP contribution in [0, 0.1) is 0 Å². The molecule has 6 atom stereocenters. The van der Waals surface area contributed by atoms with Crippen LogP contribution in [0.25, 0.3) is 11.2 Å². The summed E-state index contributed by atoms with van der Waals surface area (Å²) >= 11 is 6.25. The maximum absolute atomic E-state index is 10.4. The van der Waals surface area contributed by atoms with Gasteiger partial charge in [-0.05, 0) is 47.9 Å². The van der Waals surface area contributed by atoms with Crippen molar-refractivity contribution in [2.75, 3.05) is 11.9 Å². The van der Waals surface area contributed by atoms with E-state index in [9.17, 15) is 15.3 Å². The van der Waals surface area contributed by atoms with Crippen LogP contribution in [0.2, 0.25) is 5.28 Å². The minimum atomic E-state index is -1.26. The van der Waals surface area contributed by atoms with Gasteiger partial charge in [-0.3, -0.25) is 4.57 Å². The van der Waals surface area contributed by atoms with E-state index in [2.05, 4.69) is 58.4 Å². The molecule has 1 saturated heterocycles. The lowest BCUT2D eigenvalue weighted by molar-refractivity contribution is -0.0511. The van der Waals surface area contributed by atoms with Gasteiger partial charge in [0.25, 0.3) is 0 Å². The minimum Gasteiger partial charge on any atom is -0.394 e. The van der Waals surface area contributed by atoms with Crippen LogP contribution in [0.4, 0.5) is 5.82 Å². The molecule has 3 aromatic rings. The summed E-state index contributed by atoms with van der Waals surface area (Å²) < 4.78 is 13.4. The fourth-order valence-electron chi connectivity index (χ4n) is 4.95. The zero-order chi connectivity index (χ0) is 25.4. The largest absolute Gasteiger partial charge is 0.394 e. The molecule has 1 aliphatic carbocycles. The molecule has 0 amide bonds. The number of anilines is 1. The van der Waals surface area contributed by atoms with Crippen molar-refractivity contribution in [3.63, 3.8) is 0 Å². The number of benzene rings is 1. The summed E-state index contributed by atoms with van der Waals surface area (Å²) in [6, 6.07) is 8.55. The molecule has 5 rings (SSSR count). The van der Waals surface area contributed by atoms with Gasteiger partial charge in [0.05, 0.1) is 31.7 Å². The molecule has 3 heterocycles. The molecule has 1 aliphatic heterocycles. The van der Waals surface area contributed by atoms with Crippen molar-refractivity contribution in [3.05, 3.63) is 47.0 Å². The molecule has 0 radical (unpaired) electrons. The summed E-state index contributed by atoms with van der Waals surface area (Å²) in [4.78, 5) is 13.1. The summed E-state index contributed by atoms with van der Waals surface area (Å²) in [7, 11) is 0. The summed E-state index contributed by atoms with van der Waals surface area (Å²) in [5, 5.41) is 33.5. The lowest BCUT2D eigenvalue weighted by atomic mass is 10.0. The number of imidazole rings is 1. The van der Waals surface area contributed by atoms with E-state index >= 15 is 0 Å². The Labute approximate surface area is 214 Å². The maximum Gasteiger partial charge on any atom is 0.226 e. The molecule has 0 unspecified atom stereocenters. The van der Waals surface area contributed by atoms with Crippen LogP contribution in [0.3, 0.4) is 0 Å². The van der Waals surface area contributed by atoms with Gasteiger partial charge in [0.2, 0.25) is 5.28 Å². The molecule has 4 N–H and O–H groups in total. The quantitative estimate of drug-likeness (QED) is 0.332. The van der Waals surface area contributed by atoms with Crippen molar-refractivity contribution in [2.24, 2.45) is 0 Å². The van der Waals surface area contributed by atoms with E-state index in [1.807, 2.05) is 0 Å². The number of rotatable bonds is 8. The number of hydrogen-bond donors (Lipinski definition) is 4. The highest BCUT2D eigenvalue weighted by Crippen LogP contribution is 2.34. The third kappa shape index (κ3) is 4.93. The van der Waals surface area contributed by atoms with Crippen molar-refractivity contribution < 1.29 is 24.8 Å². The highest BCUT2D eigenvalue weighted by atomic mass is 35.5. The lowest BCUT2D eigenvalue weighted by Crippen LogP contribution is -2.33. The third-order valence-electron chi connectivity index (χ3n) is 7.07. The second-order valence-corrected chi connectivity index (χ2v) is 10.2. The Bertz CT molecular complexity index is 1190. The molecule has 0 bridgehead atoms. The van der Waals surface area contributed by atoms with E-state index in [1.54, 1.807) is 0 Å². The summed E-state index contributed by atoms with van der Waals surface area (Å²) in [5.41, 5.74) is 3.26. The molecular formula is C25H32ClN5O5. The average Bonchev–Trinajstić information content (AvgIpc) is 3.56. The number of aromatic nitrogens is 4. The van der Waals surface area contributed by atoms with E-state index in [1.165, 1.54) is 16.5 Å². The first-order valence-electron chi connectivity index (χ1n) is 12.3. The molecule has 2 aliphatic rings. The molecule has 2 fully saturated rings. The molecule has 11 heteroatoms. The SMILES string of the molecule is CC(C)c1ccc(CO[C@H]2CCC[C@@H]2Nc2nc(Cl)nc3c2ncn3[C@@H]2O[C@H](CO)[C@@H](O)[C@H]2O)cc1. The summed E-state index contributed by atoms with van der Waals surface area (Å²) in [5.74, 6) is 0.963. The Morgan fingerprint density at radius 1 is 1.17 bits per heavy atom. The Hall–Kier alpha value is -2.34. The smallest absolute Gasteiger partial charge is 0.226 e. The molecule has 1 saturated carbocycles. The number of ether oxygens (including phenoxy) is 2. The lowest BCUT2D eigenvalue weighted by Gasteiger charge is -2.22. The van der Waals surface area contributed by atoms with Gasteiger partial charge in [0.1, 0.15) is 18.3 Å². The first-order valence-corrected chi connectivity index (χ1v) is 12.7. The number of hydrogen-bond acceptors (Lipinski definition) is 9. The van der Waals surface area contributed by atoms with Crippen LogP contribution in [-0.4, -0.2) is 71.9 Å². The second kappa shape index (κ2) is 10.6. The molecule has 36 heavy (non-hydrogen) atoms. The third-order valence-corrected chi connectivity index (χ3v) is 7.24. The maximum atomic E-state index is 10.4. The van der Waals surface area contributed by atoms with Crippen LogP contribution in [0.5, 0.6) is 0 Å². The van der Waals surface area contributed by atoms with Crippen molar-refractivity contribution >= 4 is 28.6 Å². The monoisotopic (exact) mass is 517 g/mol. The van der Waals surface area contributed by atoms with Gasteiger partial charge in [-0.25, -0.2) is 4.98 Å². The van der Waals surface area contributed by atoms with Gasteiger partial charge >= 0.3 is 0 Å². The fourth-order valence-corrected chi connectivity index (χ4v) is 5.12. The summed E-state index contributed by atoms with van der Waals surface area (Å²) in [6.07, 6.45) is -0.0339. The van der Waals surface area contributed by atoms with Gasteiger partial charge in [-0.1, -0.05) is 38.1 Å². The van der Waals surface area contributed by atoms with E-state index in [0.29, 0.717) is 29.5 Å². The summed E-state index contributed by atoms with van der Waals surface area (Å²) in [6.45, 7) is 4.46. The van der Waals surface area contributed by atoms with Gasteiger partial charge in [-0.2, -0.15) is 9.97 Å². The van der Waals surface area contributed by atoms with Gasteiger partial charge < -0.3 is 30.1 Å². The van der Waals surface area contributed by atoms with Crippen LogP contribution in [0.15, 0.2) is 30.6 Å². The van der Waals surface area contributed by atoms with Crippen LogP contribution >= 0.6 is 11.6 Å². The van der Waals surface area contributed by atoms with Crippen molar-refractivity contribution in [1.82, 2.24) is 19.5 Å². The molecule has 1 aromatic carbocycles. The highest BCUT2D eigenvalue weighted by molar-refractivity contribution is 6.28. The Morgan fingerprint density at radius 3 is 2.64 bits per heavy atom. The highest BCUT2D eigenvalue weighted by Gasteiger charge is 2.44. The zero-order valence-electron chi connectivity index (χ0n) is 20.3. The molecule has 10 nitrogen and oxygen atoms in total. The van der Waals surface area contributed by atoms with Gasteiger partial charge in [0, 0.05) is 0 Å². The first-order chi connectivity index (χ1) is 17.4. The Morgan fingerprint density at radius 2 is 1.94 bits per heavy atom. The Kier molecular flexibility index (Phi) is 7.43. The predicted octanol–water partition coefficient (Wildman–Crippen LogP) is 2.76. The molecule has 0 spiro atoms. The van der Waals surface area contributed by atoms with E-state index in [-0.39, 0.29) is 17.4 Å². The molecule has 2 aromatic heterocycles. The Balaban J connectivity index is 1.32. The van der Waals surface area contributed by atoms with Gasteiger partial charge in [0.15, 0.2) is 23.2 Å². The number of halogens is 1. The van der Waals surface area contributed by atoms with Gasteiger partial charge in [-0.15, -0.1) is 0 Å². The number of nitrogens with one attached hydrogen (secondary N) is 1. The van der Waals surface area contributed by atoms with E-state index in [4.69, 9.17) is 21.1 Å². The first kappa shape index (κ1) is 25.3. The molecular weight excluding hydrogens is 486 g/mol.